The predicted molar refractivity (Wildman–Crippen MR) is 44.1 cm³/mol. The first-order valence-electron chi connectivity index (χ1n) is 3.61. The molecular weight excluding hydrogens is 158 g/mol. The summed E-state index contributed by atoms with van der Waals surface area (Å²) in [5.41, 5.74) is 2.98. The summed E-state index contributed by atoms with van der Waals surface area (Å²) < 4.78 is 4.87. The van der Waals surface area contributed by atoms with Crippen LogP contribution in [-0.4, -0.2) is 23.4 Å². The van der Waals surface area contributed by atoms with Crippen molar-refractivity contribution in [2.45, 2.75) is 38.8 Å². The number of hydrogen-bond donors (Lipinski definition) is 1. The molecule has 69 valence electrons. The molecule has 0 aliphatic heterocycles. The smallest absolute Gasteiger partial charge is 0.334 e. The molecule has 0 rings (SSSR count). The van der Waals surface area contributed by atoms with Crippen LogP contribution in [0.2, 0.25) is 0 Å². The summed E-state index contributed by atoms with van der Waals surface area (Å²) >= 11 is 0. The summed E-state index contributed by atoms with van der Waals surface area (Å²) in [7, 11) is 0. The van der Waals surface area contributed by atoms with Gasteiger partial charge in [-0.05, 0) is 27.7 Å². The van der Waals surface area contributed by atoms with E-state index in [0.29, 0.717) is 0 Å². The number of nitrogens with two attached hydrogens (primary N) is 1. The Kier molecular flexibility index (Phi) is 2.98. The van der Waals surface area contributed by atoms with Crippen LogP contribution in [0.25, 0.3) is 0 Å². The molecule has 0 aliphatic carbocycles. The average Bonchev–Trinajstić information content (AvgIpc) is 1.84. The molecule has 0 spiro atoms. The second kappa shape index (κ2) is 3.23. The van der Waals surface area contributed by atoms with Gasteiger partial charge in [0, 0.05) is 0 Å². The number of carbonyl (C=O) groups is 1. The van der Waals surface area contributed by atoms with E-state index in [2.05, 4.69) is 0 Å². The fourth-order valence-corrected chi connectivity index (χ4v) is 0.426. The van der Waals surface area contributed by atoms with E-state index in [4.69, 9.17) is 10.5 Å². The third kappa shape index (κ3) is 3.48. The van der Waals surface area contributed by atoms with E-state index in [-0.39, 0.29) is 0 Å². The first-order valence-corrected chi connectivity index (χ1v) is 3.61. The Hall–Kier alpha value is -0.900. The highest BCUT2D eigenvalue weighted by atomic mass is 16.6. The molecule has 4 heteroatoms. The van der Waals surface area contributed by atoms with Crippen molar-refractivity contribution in [1.82, 2.24) is 0 Å². The minimum Gasteiger partial charge on any atom is -0.458 e. The molecule has 12 heavy (non-hydrogen) atoms. The minimum absolute atomic E-state index is 0.630. The van der Waals surface area contributed by atoms with Gasteiger partial charge in [-0.1, -0.05) is 0 Å². The van der Waals surface area contributed by atoms with Gasteiger partial charge >= 0.3 is 5.97 Å². The third-order valence-electron chi connectivity index (χ3n) is 1.03. The van der Waals surface area contributed by atoms with Crippen LogP contribution in [0.3, 0.4) is 0 Å². The molecule has 0 unspecified atom stereocenters. The highest BCUT2D eigenvalue weighted by Crippen LogP contribution is 2.10. The van der Waals surface area contributed by atoms with E-state index in [9.17, 15) is 9.59 Å². The molecule has 0 fully saturated rings. The van der Waals surface area contributed by atoms with Crippen LogP contribution in [0.5, 0.6) is 0 Å². The minimum atomic E-state index is -1.66. The number of carbonyl (C=O) groups excluding carboxylic acids is 2. The normalized spacial score (nSPS) is 16.4. The maximum Gasteiger partial charge on any atom is 0.334 e. The fraction of sp³-hybridized carbons (Fsp3) is 0.750. The summed E-state index contributed by atoms with van der Waals surface area (Å²) in [6.07, 6.45) is 1.42. The topological polar surface area (TPSA) is 69.4 Å². The molecule has 1 atom stereocenters. The van der Waals surface area contributed by atoms with Gasteiger partial charge in [-0.2, -0.15) is 0 Å². The lowest BCUT2D eigenvalue weighted by Gasteiger charge is -2.24. The molecule has 0 heterocycles. The SMILES string of the molecule is CC(C)(C)OC(=O)[C@@](C)(N)[C]=O. The lowest BCUT2D eigenvalue weighted by molar-refractivity contribution is -0.158. The molecule has 0 aromatic carbocycles. The van der Waals surface area contributed by atoms with Gasteiger partial charge in [-0.15, -0.1) is 0 Å². The van der Waals surface area contributed by atoms with E-state index < -0.39 is 17.1 Å². The van der Waals surface area contributed by atoms with Gasteiger partial charge in [0.2, 0.25) is 6.29 Å². The van der Waals surface area contributed by atoms with Crippen molar-refractivity contribution >= 4 is 12.3 Å². The van der Waals surface area contributed by atoms with Gasteiger partial charge in [0.25, 0.3) is 0 Å². The van der Waals surface area contributed by atoms with Gasteiger partial charge in [0.15, 0.2) is 5.54 Å². The number of ether oxygens (including phenoxy) is 1. The Bertz CT molecular complexity index is 191. The molecule has 1 radical (unpaired) electrons. The largest absolute Gasteiger partial charge is 0.458 e. The van der Waals surface area contributed by atoms with E-state index in [1.54, 1.807) is 20.8 Å². The molecule has 0 amide bonds. The lowest BCUT2D eigenvalue weighted by Crippen LogP contribution is -2.49. The molecule has 0 aromatic heterocycles. The van der Waals surface area contributed by atoms with Crippen LogP contribution in [0.4, 0.5) is 0 Å². The highest BCUT2D eigenvalue weighted by Gasteiger charge is 2.33. The zero-order valence-electron chi connectivity index (χ0n) is 7.80. The summed E-state index contributed by atoms with van der Waals surface area (Å²) in [6.45, 7) is 6.36. The maximum atomic E-state index is 11.1. The Morgan fingerprint density at radius 3 is 2.00 bits per heavy atom. The third-order valence-corrected chi connectivity index (χ3v) is 1.03. The van der Waals surface area contributed by atoms with Crippen LogP contribution >= 0.6 is 0 Å². The standard InChI is InChI=1S/C8H14NO3/c1-7(2,3)12-6(11)8(4,9)5-10/h9H2,1-4H3/t8-/m0/s1. The first kappa shape index (κ1) is 11.1. The van der Waals surface area contributed by atoms with Crippen LogP contribution in [0.15, 0.2) is 0 Å². The van der Waals surface area contributed by atoms with Gasteiger partial charge in [0.05, 0.1) is 0 Å². The second-order valence-corrected chi connectivity index (χ2v) is 3.81. The lowest BCUT2D eigenvalue weighted by atomic mass is 10.1. The summed E-state index contributed by atoms with van der Waals surface area (Å²) in [5, 5.41) is 0. The average molecular weight is 172 g/mol. The summed E-state index contributed by atoms with van der Waals surface area (Å²) in [4.78, 5) is 21.3. The maximum absolute atomic E-state index is 11.1. The first-order chi connectivity index (χ1) is 5.19. The van der Waals surface area contributed by atoms with Gasteiger partial charge in [0.1, 0.15) is 5.60 Å². The molecule has 4 nitrogen and oxygen atoms in total. The Morgan fingerprint density at radius 2 is 1.75 bits per heavy atom. The molecule has 2 N–H and O–H groups in total. The van der Waals surface area contributed by atoms with Crippen molar-refractivity contribution in [1.29, 1.82) is 0 Å². The second-order valence-electron chi connectivity index (χ2n) is 3.81. The van der Waals surface area contributed by atoms with Crippen LogP contribution in [-0.2, 0) is 14.3 Å². The monoisotopic (exact) mass is 172 g/mol. The molecule has 0 saturated heterocycles. The van der Waals surface area contributed by atoms with E-state index in [1.807, 2.05) is 0 Å². The number of esters is 1. The summed E-state index contributed by atoms with van der Waals surface area (Å²) in [6, 6.07) is 0. The van der Waals surface area contributed by atoms with Crippen molar-refractivity contribution in [3.63, 3.8) is 0 Å². The van der Waals surface area contributed by atoms with E-state index in [0.717, 1.165) is 0 Å². The van der Waals surface area contributed by atoms with Crippen molar-refractivity contribution in [2.24, 2.45) is 5.73 Å². The number of rotatable bonds is 2. The van der Waals surface area contributed by atoms with Crippen molar-refractivity contribution < 1.29 is 14.3 Å². The van der Waals surface area contributed by atoms with Crippen molar-refractivity contribution in [3.05, 3.63) is 0 Å². The van der Waals surface area contributed by atoms with Crippen LogP contribution in [0.1, 0.15) is 27.7 Å². The summed E-state index contributed by atoms with van der Waals surface area (Å²) in [5.74, 6) is -0.759. The quantitative estimate of drug-likeness (QED) is 0.475. The molecule has 0 aliphatic rings. The number of hydrogen-bond acceptors (Lipinski definition) is 4. The van der Waals surface area contributed by atoms with E-state index in [1.165, 1.54) is 13.2 Å². The van der Waals surface area contributed by atoms with Gasteiger partial charge in [-0.3, -0.25) is 4.79 Å². The van der Waals surface area contributed by atoms with E-state index >= 15 is 0 Å². The molecule has 0 aromatic rings. The Balaban J connectivity index is 4.33. The molecular formula is C8H14NO3. The van der Waals surface area contributed by atoms with Crippen LogP contribution in [0, 0.1) is 0 Å². The zero-order valence-corrected chi connectivity index (χ0v) is 7.80. The highest BCUT2D eigenvalue weighted by molar-refractivity contribution is 5.97. The van der Waals surface area contributed by atoms with Gasteiger partial charge < -0.3 is 10.5 Å². The van der Waals surface area contributed by atoms with Crippen molar-refractivity contribution in [2.75, 3.05) is 0 Å². The fourth-order valence-electron chi connectivity index (χ4n) is 0.426. The predicted octanol–water partition coefficient (Wildman–Crippen LogP) is 0.155. The molecule has 0 bridgehead atoms. The Morgan fingerprint density at radius 1 is 1.33 bits per heavy atom. The van der Waals surface area contributed by atoms with Crippen molar-refractivity contribution in [3.8, 4) is 0 Å². The Labute approximate surface area is 72.1 Å². The molecule has 0 saturated carbocycles. The van der Waals surface area contributed by atoms with Gasteiger partial charge in [-0.25, -0.2) is 4.79 Å². The van der Waals surface area contributed by atoms with Crippen LogP contribution < -0.4 is 5.73 Å². The zero-order chi connectivity index (χ0) is 9.99.